The van der Waals surface area contributed by atoms with Crippen LogP contribution in [0.15, 0.2) is 12.2 Å². The highest BCUT2D eigenvalue weighted by molar-refractivity contribution is 4.87. The Kier molecular flexibility index (Phi) is 6.55. The highest BCUT2D eigenvalue weighted by Crippen LogP contribution is 1.91. The van der Waals surface area contributed by atoms with Gasteiger partial charge in [-0.25, -0.2) is 0 Å². The van der Waals surface area contributed by atoms with Crippen LogP contribution < -0.4 is 5.32 Å². The average molecular weight is 143 g/mol. The van der Waals surface area contributed by atoms with Gasteiger partial charge in [-0.3, -0.25) is 0 Å². The fourth-order valence-electron chi connectivity index (χ4n) is 0.631. The van der Waals surface area contributed by atoms with Gasteiger partial charge in [-0.2, -0.15) is 0 Å². The number of aliphatic hydroxyl groups excluding tert-OH is 1. The summed E-state index contributed by atoms with van der Waals surface area (Å²) in [4.78, 5) is 0. The van der Waals surface area contributed by atoms with E-state index < -0.39 is 0 Å². The number of aliphatic hydroxyl groups is 1. The molecular weight excluding hydrogens is 126 g/mol. The third kappa shape index (κ3) is 7.66. The van der Waals surface area contributed by atoms with Gasteiger partial charge >= 0.3 is 0 Å². The fraction of sp³-hybridized carbons (Fsp3) is 0.750. The minimum Gasteiger partial charge on any atom is -0.396 e. The predicted octanol–water partition coefficient (Wildman–Crippen LogP) is 0.925. The van der Waals surface area contributed by atoms with Gasteiger partial charge in [0, 0.05) is 6.61 Å². The average Bonchev–Trinajstić information content (AvgIpc) is 1.87. The summed E-state index contributed by atoms with van der Waals surface area (Å²) >= 11 is 0. The van der Waals surface area contributed by atoms with E-state index >= 15 is 0 Å². The third-order valence-corrected chi connectivity index (χ3v) is 1.24. The van der Waals surface area contributed by atoms with Gasteiger partial charge in [0.25, 0.3) is 0 Å². The zero-order valence-corrected chi connectivity index (χ0v) is 6.69. The van der Waals surface area contributed by atoms with Crippen LogP contribution in [0.3, 0.4) is 0 Å². The van der Waals surface area contributed by atoms with Crippen molar-refractivity contribution in [1.82, 2.24) is 5.32 Å². The molecule has 10 heavy (non-hydrogen) atoms. The first-order valence-corrected chi connectivity index (χ1v) is 3.73. The summed E-state index contributed by atoms with van der Waals surface area (Å²) < 4.78 is 0. The molecule has 0 heterocycles. The molecule has 2 nitrogen and oxygen atoms in total. The lowest BCUT2D eigenvalue weighted by Crippen LogP contribution is -2.17. The molecule has 0 aromatic rings. The molecule has 60 valence electrons. The van der Waals surface area contributed by atoms with Crippen LogP contribution in [0.25, 0.3) is 0 Å². The molecule has 0 aliphatic rings. The van der Waals surface area contributed by atoms with E-state index in [1.807, 2.05) is 6.92 Å². The first-order chi connectivity index (χ1) is 4.77. The van der Waals surface area contributed by atoms with Crippen molar-refractivity contribution >= 4 is 0 Å². The van der Waals surface area contributed by atoms with E-state index in [0.29, 0.717) is 0 Å². The number of nitrogens with one attached hydrogen (secondary N) is 1. The van der Waals surface area contributed by atoms with Crippen molar-refractivity contribution in [2.45, 2.75) is 19.8 Å². The minimum atomic E-state index is 0.278. The van der Waals surface area contributed by atoms with Crippen molar-refractivity contribution in [3.63, 3.8) is 0 Å². The first-order valence-electron chi connectivity index (χ1n) is 3.73. The number of hydrogen-bond acceptors (Lipinski definition) is 2. The molecule has 0 aliphatic carbocycles. The predicted molar refractivity (Wildman–Crippen MR) is 44.0 cm³/mol. The molecule has 0 radical (unpaired) electrons. The summed E-state index contributed by atoms with van der Waals surface area (Å²) in [5.74, 6) is 0. The van der Waals surface area contributed by atoms with Crippen LogP contribution in [-0.4, -0.2) is 24.8 Å². The van der Waals surface area contributed by atoms with E-state index in [9.17, 15) is 0 Å². The van der Waals surface area contributed by atoms with E-state index in [4.69, 9.17) is 5.11 Å². The second-order valence-electron chi connectivity index (χ2n) is 2.53. The molecule has 2 heteroatoms. The van der Waals surface area contributed by atoms with Crippen LogP contribution in [-0.2, 0) is 0 Å². The largest absolute Gasteiger partial charge is 0.396 e. The van der Waals surface area contributed by atoms with E-state index in [1.165, 1.54) is 5.57 Å². The SMILES string of the molecule is C=C(C)CCNCCCO. The lowest BCUT2D eigenvalue weighted by Gasteiger charge is -2.01. The third-order valence-electron chi connectivity index (χ3n) is 1.24. The normalized spacial score (nSPS) is 9.80. The highest BCUT2D eigenvalue weighted by atomic mass is 16.3. The highest BCUT2D eigenvalue weighted by Gasteiger charge is 1.86. The molecule has 0 saturated heterocycles. The molecule has 0 amide bonds. The molecule has 0 atom stereocenters. The second-order valence-corrected chi connectivity index (χ2v) is 2.53. The molecule has 0 aromatic heterocycles. The second kappa shape index (κ2) is 6.78. The molecule has 0 fully saturated rings. The molecule has 2 N–H and O–H groups in total. The summed E-state index contributed by atoms with van der Waals surface area (Å²) in [6.07, 6.45) is 1.88. The van der Waals surface area contributed by atoms with E-state index in [2.05, 4.69) is 11.9 Å². The van der Waals surface area contributed by atoms with Gasteiger partial charge in [0.05, 0.1) is 0 Å². The Hall–Kier alpha value is -0.340. The Labute approximate surface area is 62.9 Å². The molecule has 0 spiro atoms. The Morgan fingerprint density at radius 2 is 2.20 bits per heavy atom. The fourth-order valence-corrected chi connectivity index (χ4v) is 0.631. The van der Waals surface area contributed by atoms with Crippen LogP contribution in [0.5, 0.6) is 0 Å². The van der Waals surface area contributed by atoms with E-state index in [-0.39, 0.29) is 6.61 Å². The Morgan fingerprint density at radius 3 is 2.70 bits per heavy atom. The Balaban J connectivity index is 2.84. The monoisotopic (exact) mass is 143 g/mol. The van der Waals surface area contributed by atoms with Crippen molar-refractivity contribution in [1.29, 1.82) is 0 Å². The maximum absolute atomic E-state index is 8.42. The smallest absolute Gasteiger partial charge is 0.0443 e. The summed E-state index contributed by atoms with van der Waals surface area (Å²) in [5.41, 5.74) is 1.21. The van der Waals surface area contributed by atoms with Gasteiger partial charge in [-0.05, 0) is 32.9 Å². The van der Waals surface area contributed by atoms with Gasteiger partial charge in [-0.1, -0.05) is 5.57 Å². The molecule has 0 unspecified atom stereocenters. The minimum absolute atomic E-state index is 0.278. The Morgan fingerprint density at radius 1 is 1.50 bits per heavy atom. The molecular formula is C8H17NO. The van der Waals surface area contributed by atoms with E-state index in [0.717, 1.165) is 25.9 Å². The van der Waals surface area contributed by atoms with Crippen LogP contribution in [0.1, 0.15) is 19.8 Å². The van der Waals surface area contributed by atoms with Gasteiger partial charge in [0.1, 0.15) is 0 Å². The summed E-state index contributed by atoms with van der Waals surface area (Å²) in [6, 6.07) is 0. The maximum atomic E-state index is 8.42. The van der Waals surface area contributed by atoms with Crippen molar-refractivity contribution in [3.8, 4) is 0 Å². The van der Waals surface area contributed by atoms with Gasteiger partial charge < -0.3 is 10.4 Å². The van der Waals surface area contributed by atoms with Crippen LogP contribution in [0.4, 0.5) is 0 Å². The first kappa shape index (κ1) is 9.66. The van der Waals surface area contributed by atoms with Crippen LogP contribution >= 0.6 is 0 Å². The van der Waals surface area contributed by atoms with Gasteiger partial charge in [-0.15, -0.1) is 6.58 Å². The summed E-state index contributed by atoms with van der Waals surface area (Å²) in [5, 5.41) is 11.6. The molecule has 0 saturated carbocycles. The lowest BCUT2D eigenvalue weighted by molar-refractivity contribution is 0.286. The number of rotatable bonds is 6. The topological polar surface area (TPSA) is 32.3 Å². The van der Waals surface area contributed by atoms with E-state index in [1.54, 1.807) is 0 Å². The molecule has 0 bridgehead atoms. The van der Waals surface area contributed by atoms with Crippen molar-refractivity contribution in [2.75, 3.05) is 19.7 Å². The maximum Gasteiger partial charge on any atom is 0.0443 e. The van der Waals surface area contributed by atoms with Crippen LogP contribution in [0, 0.1) is 0 Å². The van der Waals surface area contributed by atoms with Gasteiger partial charge in [0.2, 0.25) is 0 Å². The molecule has 0 rings (SSSR count). The summed E-state index contributed by atoms with van der Waals surface area (Å²) in [6.45, 7) is 7.97. The van der Waals surface area contributed by atoms with Crippen LogP contribution in [0.2, 0.25) is 0 Å². The van der Waals surface area contributed by atoms with Crippen molar-refractivity contribution in [2.24, 2.45) is 0 Å². The van der Waals surface area contributed by atoms with Crippen molar-refractivity contribution in [3.05, 3.63) is 12.2 Å². The zero-order chi connectivity index (χ0) is 7.82. The standard InChI is InChI=1S/C8H17NO/c1-8(2)4-6-9-5-3-7-10/h9-10H,1,3-7H2,2H3. The lowest BCUT2D eigenvalue weighted by atomic mass is 10.2. The Bertz CT molecular complexity index is 91.3. The quantitative estimate of drug-likeness (QED) is 0.428. The number of hydrogen-bond donors (Lipinski definition) is 2. The van der Waals surface area contributed by atoms with Crippen molar-refractivity contribution < 1.29 is 5.11 Å². The molecule has 0 aliphatic heterocycles. The molecule has 0 aromatic carbocycles. The zero-order valence-electron chi connectivity index (χ0n) is 6.69. The van der Waals surface area contributed by atoms with Gasteiger partial charge in [0.15, 0.2) is 0 Å². The summed E-state index contributed by atoms with van der Waals surface area (Å²) in [7, 11) is 0.